The Labute approximate surface area is 67.9 Å². The molecule has 1 atom stereocenters. The zero-order valence-corrected chi connectivity index (χ0v) is 7.46. The summed E-state index contributed by atoms with van der Waals surface area (Å²) in [6, 6.07) is 0. The van der Waals surface area contributed by atoms with E-state index in [4.69, 9.17) is 4.74 Å². The van der Waals surface area contributed by atoms with Crippen molar-refractivity contribution in [2.45, 2.75) is 39.7 Å². The normalized spacial score (nSPS) is 20.0. The van der Waals surface area contributed by atoms with Crippen molar-refractivity contribution in [2.75, 3.05) is 0 Å². The van der Waals surface area contributed by atoms with Gasteiger partial charge in [0.15, 0.2) is 0 Å². The molecule has 0 bridgehead atoms. The van der Waals surface area contributed by atoms with E-state index in [0.717, 1.165) is 12.8 Å². The van der Waals surface area contributed by atoms with Crippen LogP contribution in [0, 0.1) is 11.8 Å². The van der Waals surface area contributed by atoms with Crippen molar-refractivity contribution in [2.24, 2.45) is 11.8 Å². The first-order valence-electron chi connectivity index (χ1n) is 4.31. The quantitative estimate of drug-likeness (QED) is 0.584. The minimum absolute atomic E-state index is 0.00574. The summed E-state index contributed by atoms with van der Waals surface area (Å²) in [6.07, 6.45) is 2.14. The molecule has 2 nitrogen and oxygen atoms in total. The van der Waals surface area contributed by atoms with Gasteiger partial charge in [0.2, 0.25) is 0 Å². The number of hydrogen-bond donors (Lipinski definition) is 0. The molecule has 1 saturated carbocycles. The molecule has 1 aliphatic carbocycles. The molecular formula is C9H16O2. The number of carbonyl (C=O) groups excluding carboxylic acids is 1. The lowest BCUT2D eigenvalue weighted by Crippen LogP contribution is -2.20. The summed E-state index contributed by atoms with van der Waals surface area (Å²) in [5, 5.41) is 0. The second kappa shape index (κ2) is 3.24. The van der Waals surface area contributed by atoms with E-state index in [2.05, 4.69) is 13.8 Å². The molecule has 0 aromatic carbocycles. The Morgan fingerprint density at radius 2 is 1.91 bits per heavy atom. The Morgan fingerprint density at radius 1 is 1.36 bits per heavy atom. The van der Waals surface area contributed by atoms with E-state index in [9.17, 15) is 4.79 Å². The zero-order valence-electron chi connectivity index (χ0n) is 7.46. The van der Waals surface area contributed by atoms with Crippen molar-refractivity contribution in [1.29, 1.82) is 0 Å². The van der Waals surface area contributed by atoms with Crippen molar-refractivity contribution >= 4 is 5.97 Å². The first-order valence-corrected chi connectivity index (χ1v) is 4.31. The molecule has 1 fully saturated rings. The van der Waals surface area contributed by atoms with Crippen molar-refractivity contribution in [3.8, 4) is 0 Å². The maximum atomic E-state index is 11.1. The van der Waals surface area contributed by atoms with Gasteiger partial charge in [-0.05, 0) is 25.7 Å². The fourth-order valence-electron chi connectivity index (χ4n) is 0.735. The fraction of sp³-hybridized carbons (Fsp3) is 0.889. The lowest BCUT2D eigenvalue weighted by molar-refractivity contribution is -0.151. The summed E-state index contributed by atoms with van der Waals surface area (Å²) >= 11 is 0. The molecule has 0 aliphatic heterocycles. The molecule has 0 N–H and O–H groups in total. The van der Waals surface area contributed by atoms with Gasteiger partial charge in [-0.15, -0.1) is 0 Å². The molecule has 1 aliphatic rings. The lowest BCUT2D eigenvalue weighted by atomic mass is 10.1. The van der Waals surface area contributed by atoms with Crippen molar-refractivity contribution in [3.63, 3.8) is 0 Å². The third kappa shape index (κ3) is 2.52. The molecule has 0 saturated heterocycles. The Balaban J connectivity index is 2.23. The van der Waals surface area contributed by atoms with Gasteiger partial charge in [0.05, 0.1) is 5.92 Å². The highest BCUT2D eigenvalue weighted by molar-refractivity contribution is 5.75. The number of esters is 1. The van der Waals surface area contributed by atoms with Crippen molar-refractivity contribution in [3.05, 3.63) is 0 Å². The van der Waals surface area contributed by atoms with Gasteiger partial charge in [-0.1, -0.05) is 13.8 Å². The smallest absolute Gasteiger partial charge is 0.309 e. The van der Waals surface area contributed by atoms with Crippen LogP contribution in [0.2, 0.25) is 0 Å². The SMILES string of the molecule is CC(C)[C@H](C)OC(=O)C1CC1. The predicted octanol–water partition coefficient (Wildman–Crippen LogP) is 1.98. The highest BCUT2D eigenvalue weighted by Crippen LogP contribution is 2.30. The van der Waals surface area contributed by atoms with E-state index in [1.807, 2.05) is 6.92 Å². The molecule has 0 aromatic heterocycles. The minimum Gasteiger partial charge on any atom is -0.462 e. The van der Waals surface area contributed by atoms with Crippen molar-refractivity contribution < 1.29 is 9.53 Å². The second-order valence-corrected chi connectivity index (χ2v) is 3.66. The Bertz CT molecular complexity index is 148. The van der Waals surface area contributed by atoms with Gasteiger partial charge in [-0.3, -0.25) is 4.79 Å². The average Bonchev–Trinajstić information content (AvgIpc) is 2.67. The average molecular weight is 156 g/mol. The largest absolute Gasteiger partial charge is 0.462 e. The van der Waals surface area contributed by atoms with E-state index in [0.29, 0.717) is 5.92 Å². The van der Waals surface area contributed by atoms with Crippen LogP contribution in [0.3, 0.4) is 0 Å². The molecule has 0 heterocycles. The summed E-state index contributed by atoms with van der Waals surface area (Å²) in [5.74, 6) is 0.667. The molecule has 11 heavy (non-hydrogen) atoms. The predicted molar refractivity (Wildman–Crippen MR) is 43.1 cm³/mol. The van der Waals surface area contributed by atoms with Crippen LogP contribution in [0.4, 0.5) is 0 Å². The van der Waals surface area contributed by atoms with Crippen LogP contribution < -0.4 is 0 Å². The first kappa shape index (κ1) is 8.57. The van der Waals surface area contributed by atoms with Crippen LogP contribution in [0.5, 0.6) is 0 Å². The van der Waals surface area contributed by atoms with E-state index in [1.54, 1.807) is 0 Å². The highest BCUT2D eigenvalue weighted by Gasteiger charge is 2.32. The standard InChI is InChI=1S/C9H16O2/c1-6(2)7(3)11-9(10)8-4-5-8/h6-8H,4-5H2,1-3H3/t7-/m0/s1. The molecule has 64 valence electrons. The second-order valence-electron chi connectivity index (χ2n) is 3.66. The Kier molecular flexibility index (Phi) is 2.53. The van der Waals surface area contributed by atoms with Gasteiger partial charge in [-0.25, -0.2) is 0 Å². The van der Waals surface area contributed by atoms with E-state index in [-0.39, 0.29) is 18.0 Å². The first-order chi connectivity index (χ1) is 5.11. The summed E-state index contributed by atoms with van der Waals surface area (Å²) < 4.78 is 5.20. The maximum Gasteiger partial charge on any atom is 0.309 e. The van der Waals surface area contributed by atoms with Crippen LogP contribution in [-0.2, 0) is 9.53 Å². The van der Waals surface area contributed by atoms with Gasteiger partial charge in [0.1, 0.15) is 6.10 Å². The van der Waals surface area contributed by atoms with Gasteiger partial charge >= 0.3 is 5.97 Å². The summed E-state index contributed by atoms with van der Waals surface area (Å²) in [5.41, 5.74) is 0. The van der Waals surface area contributed by atoms with Crippen LogP contribution in [-0.4, -0.2) is 12.1 Å². The molecule has 0 radical (unpaired) electrons. The molecule has 0 spiro atoms. The van der Waals surface area contributed by atoms with Gasteiger partial charge in [0, 0.05) is 0 Å². The number of carbonyl (C=O) groups is 1. The number of hydrogen-bond acceptors (Lipinski definition) is 2. The molecule has 0 aromatic rings. The Hall–Kier alpha value is -0.530. The van der Waals surface area contributed by atoms with Crippen LogP contribution in [0.15, 0.2) is 0 Å². The molecule has 2 heteroatoms. The van der Waals surface area contributed by atoms with Gasteiger partial charge in [-0.2, -0.15) is 0 Å². The van der Waals surface area contributed by atoms with E-state index in [1.165, 1.54) is 0 Å². The lowest BCUT2D eigenvalue weighted by Gasteiger charge is -2.15. The number of rotatable bonds is 3. The molecular weight excluding hydrogens is 140 g/mol. The fourth-order valence-corrected chi connectivity index (χ4v) is 0.735. The van der Waals surface area contributed by atoms with Gasteiger partial charge in [0.25, 0.3) is 0 Å². The molecule has 0 unspecified atom stereocenters. The Morgan fingerprint density at radius 3 is 2.27 bits per heavy atom. The third-order valence-electron chi connectivity index (χ3n) is 2.15. The van der Waals surface area contributed by atoms with Crippen LogP contribution in [0.25, 0.3) is 0 Å². The van der Waals surface area contributed by atoms with E-state index >= 15 is 0 Å². The van der Waals surface area contributed by atoms with Gasteiger partial charge < -0.3 is 4.74 Å². The number of ether oxygens (including phenoxy) is 1. The summed E-state index contributed by atoms with van der Waals surface area (Å²) in [4.78, 5) is 11.1. The van der Waals surface area contributed by atoms with Crippen LogP contribution in [0.1, 0.15) is 33.6 Å². The molecule has 0 amide bonds. The summed E-state index contributed by atoms with van der Waals surface area (Å²) in [6.45, 7) is 6.07. The van der Waals surface area contributed by atoms with E-state index < -0.39 is 0 Å². The zero-order chi connectivity index (χ0) is 8.43. The van der Waals surface area contributed by atoms with Crippen molar-refractivity contribution in [1.82, 2.24) is 0 Å². The highest BCUT2D eigenvalue weighted by atomic mass is 16.5. The maximum absolute atomic E-state index is 11.1. The third-order valence-corrected chi connectivity index (χ3v) is 2.15. The monoisotopic (exact) mass is 156 g/mol. The van der Waals surface area contributed by atoms with Crippen LogP contribution >= 0.6 is 0 Å². The molecule has 1 rings (SSSR count). The minimum atomic E-state index is 0.00574. The summed E-state index contributed by atoms with van der Waals surface area (Å²) in [7, 11) is 0. The topological polar surface area (TPSA) is 26.3 Å².